The normalized spacial score (nSPS) is 10.9. The zero-order valence-corrected chi connectivity index (χ0v) is 14.0. The lowest BCUT2D eigenvalue weighted by Gasteiger charge is -2.06. The fraction of sp³-hybridized carbons (Fsp3) is 0.222. The van der Waals surface area contributed by atoms with Crippen LogP contribution in [0.1, 0.15) is 18.9 Å². The number of oxazole rings is 1. The van der Waals surface area contributed by atoms with E-state index in [1.165, 1.54) is 0 Å². The molecule has 0 fully saturated rings. The van der Waals surface area contributed by atoms with Gasteiger partial charge in [0.05, 0.1) is 11.9 Å². The fourth-order valence-electron chi connectivity index (χ4n) is 2.57. The minimum absolute atomic E-state index is 0.146. The van der Waals surface area contributed by atoms with Gasteiger partial charge in [0.1, 0.15) is 0 Å². The summed E-state index contributed by atoms with van der Waals surface area (Å²) in [5.41, 5.74) is 2.67. The van der Waals surface area contributed by atoms with Crippen molar-refractivity contribution in [3.05, 3.63) is 63.6 Å². The van der Waals surface area contributed by atoms with Crippen LogP contribution < -0.4 is 11.1 Å². The van der Waals surface area contributed by atoms with E-state index >= 15 is 0 Å². The molecule has 5 nitrogen and oxygen atoms in total. The molecule has 0 unspecified atom stereocenters. The third-order valence-electron chi connectivity index (χ3n) is 3.68. The van der Waals surface area contributed by atoms with Crippen molar-refractivity contribution in [1.29, 1.82) is 0 Å². The number of carbonyl (C=O) groups is 1. The molecule has 0 aliphatic carbocycles. The monoisotopic (exact) mass is 344 g/mol. The maximum Gasteiger partial charge on any atom is 0.419 e. The summed E-state index contributed by atoms with van der Waals surface area (Å²) in [7, 11) is 0. The first kappa shape index (κ1) is 16.3. The molecule has 1 aromatic heterocycles. The lowest BCUT2D eigenvalue weighted by molar-refractivity contribution is -0.115. The standard InChI is InChI=1S/C18H17ClN2O3/c1-2-9-21-15-8-7-14(11-16(15)24-18(21)23)20-17(22)10-12-3-5-13(19)6-4-12/h3-8,11H,2,9-10H2,1H3,(H,20,22). The van der Waals surface area contributed by atoms with Crippen LogP contribution in [0.2, 0.25) is 5.02 Å². The number of aromatic nitrogens is 1. The second kappa shape index (κ2) is 6.93. The Hall–Kier alpha value is -2.53. The van der Waals surface area contributed by atoms with Crippen molar-refractivity contribution >= 4 is 34.3 Å². The molecule has 0 aliphatic heterocycles. The van der Waals surface area contributed by atoms with Crippen molar-refractivity contribution < 1.29 is 9.21 Å². The first-order valence-electron chi connectivity index (χ1n) is 7.74. The van der Waals surface area contributed by atoms with Crippen molar-refractivity contribution in [3.63, 3.8) is 0 Å². The van der Waals surface area contributed by atoms with Crippen molar-refractivity contribution in [2.75, 3.05) is 5.32 Å². The number of hydrogen-bond donors (Lipinski definition) is 1. The molecule has 24 heavy (non-hydrogen) atoms. The van der Waals surface area contributed by atoms with E-state index < -0.39 is 0 Å². The van der Waals surface area contributed by atoms with E-state index in [4.69, 9.17) is 16.0 Å². The summed E-state index contributed by atoms with van der Waals surface area (Å²) in [6.45, 7) is 2.60. The summed E-state index contributed by atoms with van der Waals surface area (Å²) >= 11 is 5.83. The summed E-state index contributed by atoms with van der Waals surface area (Å²) in [6.07, 6.45) is 1.09. The maximum atomic E-state index is 12.1. The molecule has 0 saturated heterocycles. The summed E-state index contributed by atoms with van der Waals surface area (Å²) in [4.78, 5) is 24.0. The third-order valence-corrected chi connectivity index (χ3v) is 3.93. The van der Waals surface area contributed by atoms with Gasteiger partial charge in [-0.1, -0.05) is 30.7 Å². The first-order valence-corrected chi connectivity index (χ1v) is 8.12. The summed E-state index contributed by atoms with van der Waals surface area (Å²) in [5.74, 6) is -0.525. The minimum atomic E-state index is -0.378. The maximum absolute atomic E-state index is 12.1. The zero-order chi connectivity index (χ0) is 17.1. The molecule has 2 aromatic carbocycles. The van der Waals surface area contributed by atoms with E-state index in [2.05, 4.69) is 5.32 Å². The van der Waals surface area contributed by atoms with Gasteiger partial charge < -0.3 is 9.73 Å². The summed E-state index contributed by atoms with van der Waals surface area (Å²) in [5, 5.41) is 3.45. The topological polar surface area (TPSA) is 64.2 Å². The zero-order valence-electron chi connectivity index (χ0n) is 13.2. The van der Waals surface area contributed by atoms with Crippen LogP contribution in [-0.4, -0.2) is 10.5 Å². The van der Waals surface area contributed by atoms with Gasteiger partial charge in [-0.05, 0) is 36.2 Å². The quantitative estimate of drug-likeness (QED) is 0.764. The highest BCUT2D eigenvalue weighted by Gasteiger charge is 2.10. The SMILES string of the molecule is CCCn1c(=O)oc2cc(NC(=O)Cc3ccc(Cl)cc3)ccc21. The molecule has 0 radical (unpaired) electrons. The number of amides is 1. The smallest absolute Gasteiger partial charge is 0.408 e. The van der Waals surface area contributed by atoms with Gasteiger partial charge in [0, 0.05) is 23.3 Å². The first-order chi connectivity index (χ1) is 11.6. The van der Waals surface area contributed by atoms with E-state index in [1.54, 1.807) is 34.9 Å². The molecule has 124 valence electrons. The molecular formula is C18H17ClN2O3. The highest BCUT2D eigenvalue weighted by Crippen LogP contribution is 2.19. The van der Waals surface area contributed by atoms with E-state index in [1.807, 2.05) is 19.1 Å². The summed E-state index contributed by atoms with van der Waals surface area (Å²) in [6, 6.07) is 12.4. The van der Waals surface area contributed by atoms with Gasteiger partial charge in [-0.15, -0.1) is 0 Å². The Morgan fingerprint density at radius 1 is 1.21 bits per heavy atom. The molecule has 3 rings (SSSR count). The number of hydrogen-bond acceptors (Lipinski definition) is 3. The van der Waals surface area contributed by atoms with Crippen LogP contribution in [0.3, 0.4) is 0 Å². The number of nitrogens with one attached hydrogen (secondary N) is 1. The van der Waals surface area contributed by atoms with Gasteiger partial charge in [-0.25, -0.2) is 4.79 Å². The van der Waals surface area contributed by atoms with Gasteiger partial charge in [0.25, 0.3) is 0 Å². The van der Waals surface area contributed by atoms with Crippen LogP contribution in [0, 0.1) is 0 Å². The van der Waals surface area contributed by atoms with Crippen LogP contribution >= 0.6 is 11.6 Å². The Labute approximate surface area is 143 Å². The number of carbonyl (C=O) groups excluding carboxylic acids is 1. The van der Waals surface area contributed by atoms with Crippen LogP contribution in [0.4, 0.5) is 5.69 Å². The molecule has 0 saturated carbocycles. The largest absolute Gasteiger partial charge is 0.419 e. The van der Waals surface area contributed by atoms with E-state index in [-0.39, 0.29) is 18.1 Å². The molecular weight excluding hydrogens is 328 g/mol. The van der Waals surface area contributed by atoms with Crippen LogP contribution in [-0.2, 0) is 17.8 Å². The Bertz CT molecular complexity index is 926. The highest BCUT2D eigenvalue weighted by atomic mass is 35.5. The lowest BCUT2D eigenvalue weighted by atomic mass is 10.1. The van der Waals surface area contributed by atoms with Gasteiger partial charge in [-0.2, -0.15) is 0 Å². The fourth-order valence-corrected chi connectivity index (χ4v) is 2.70. The summed E-state index contributed by atoms with van der Waals surface area (Å²) < 4.78 is 6.84. The third kappa shape index (κ3) is 3.51. The number of aryl methyl sites for hydroxylation is 1. The van der Waals surface area contributed by atoms with Crippen molar-refractivity contribution in [2.24, 2.45) is 0 Å². The molecule has 3 aromatic rings. The van der Waals surface area contributed by atoms with Crippen molar-refractivity contribution in [2.45, 2.75) is 26.3 Å². The predicted octanol–water partition coefficient (Wildman–Crippen LogP) is 3.84. The highest BCUT2D eigenvalue weighted by molar-refractivity contribution is 6.30. The van der Waals surface area contributed by atoms with E-state index in [0.717, 1.165) is 17.5 Å². The number of fused-ring (bicyclic) bond motifs is 1. The molecule has 6 heteroatoms. The average molecular weight is 345 g/mol. The van der Waals surface area contributed by atoms with E-state index in [9.17, 15) is 9.59 Å². The van der Waals surface area contributed by atoms with E-state index in [0.29, 0.717) is 22.8 Å². The Morgan fingerprint density at radius 2 is 1.96 bits per heavy atom. The van der Waals surface area contributed by atoms with Crippen LogP contribution in [0.25, 0.3) is 11.1 Å². The molecule has 0 bridgehead atoms. The van der Waals surface area contributed by atoms with Crippen molar-refractivity contribution in [1.82, 2.24) is 4.57 Å². The molecule has 0 atom stereocenters. The number of nitrogens with zero attached hydrogens (tertiary/aromatic N) is 1. The Balaban J connectivity index is 1.76. The molecule has 1 heterocycles. The second-order valence-electron chi connectivity index (χ2n) is 5.55. The van der Waals surface area contributed by atoms with Gasteiger partial charge >= 0.3 is 5.76 Å². The second-order valence-corrected chi connectivity index (χ2v) is 5.99. The minimum Gasteiger partial charge on any atom is -0.408 e. The molecule has 1 amide bonds. The van der Waals surface area contributed by atoms with Gasteiger partial charge in [0.2, 0.25) is 5.91 Å². The lowest BCUT2D eigenvalue weighted by Crippen LogP contribution is -2.14. The number of anilines is 1. The van der Waals surface area contributed by atoms with Gasteiger partial charge in [-0.3, -0.25) is 9.36 Å². The molecule has 0 aliphatic rings. The number of halogens is 1. The molecule has 0 spiro atoms. The van der Waals surface area contributed by atoms with Crippen molar-refractivity contribution in [3.8, 4) is 0 Å². The van der Waals surface area contributed by atoms with Crippen LogP contribution in [0.15, 0.2) is 51.7 Å². The number of benzene rings is 2. The predicted molar refractivity (Wildman–Crippen MR) is 94.6 cm³/mol. The Morgan fingerprint density at radius 3 is 2.67 bits per heavy atom. The average Bonchev–Trinajstić information content (AvgIpc) is 2.85. The molecule has 1 N–H and O–H groups in total. The Kier molecular flexibility index (Phi) is 4.71. The van der Waals surface area contributed by atoms with Gasteiger partial charge in [0.15, 0.2) is 5.58 Å². The number of rotatable bonds is 5. The van der Waals surface area contributed by atoms with Crippen LogP contribution in [0.5, 0.6) is 0 Å².